The molecule has 2 aromatic rings. The maximum Gasteiger partial charge on any atom is 0.263 e. The number of anilines is 1. The molecule has 1 fully saturated rings. The monoisotopic (exact) mass is 402 g/mol. The van der Waals surface area contributed by atoms with Crippen LogP contribution in [-0.4, -0.2) is 65.2 Å². The third kappa shape index (κ3) is 5.44. The molecule has 3 heterocycles. The van der Waals surface area contributed by atoms with Crippen molar-refractivity contribution in [2.45, 2.75) is 52.9 Å². The van der Waals surface area contributed by atoms with Crippen LogP contribution in [0.1, 0.15) is 51.6 Å². The first-order chi connectivity index (χ1) is 14.1. The first kappa shape index (κ1) is 21.5. The largest absolute Gasteiger partial charge is 0.356 e. The van der Waals surface area contributed by atoms with Gasteiger partial charge in [-0.15, -0.1) is 0 Å². The molecule has 8 nitrogen and oxygen atoms in total. The van der Waals surface area contributed by atoms with Crippen molar-refractivity contribution in [1.82, 2.24) is 25.3 Å². The zero-order chi connectivity index (χ0) is 20.6. The van der Waals surface area contributed by atoms with Crippen molar-refractivity contribution in [1.29, 1.82) is 0 Å². The number of aryl methyl sites for hydroxylation is 1. The highest BCUT2D eigenvalue weighted by Gasteiger charge is 2.28. The van der Waals surface area contributed by atoms with E-state index in [-0.39, 0.29) is 11.8 Å². The van der Waals surface area contributed by atoms with Crippen molar-refractivity contribution < 1.29 is 9.32 Å². The zero-order valence-electron chi connectivity index (χ0n) is 18.0. The highest BCUT2D eigenvalue weighted by atomic mass is 16.5. The number of carbonyl (C=O) groups is 1. The van der Waals surface area contributed by atoms with Crippen LogP contribution in [-0.2, 0) is 4.79 Å². The van der Waals surface area contributed by atoms with Gasteiger partial charge in [-0.05, 0) is 52.2 Å². The van der Waals surface area contributed by atoms with Gasteiger partial charge in [0, 0.05) is 19.6 Å². The number of unbranched alkanes of at least 4 members (excludes halogenated alkanes) is 1. The Balaban J connectivity index is 1.51. The summed E-state index contributed by atoms with van der Waals surface area (Å²) in [6.45, 7) is 11.9. The SMILES string of the molecule is CCCCN(CC)CCCNC(=O)[C@@H]1CCCN(c2ncnc3onc(C)c23)C1. The van der Waals surface area contributed by atoms with Crippen molar-refractivity contribution >= 4 is 22.8 Å². The summed E-state index contributed by atoms with van der Waals surface area (Å²) in [5.74, 6) is 0.954. The summed E-state index contributed by atoms with van der Waals surface area (Å²) < 4.78 is 5.26. The normalized spacial score (nSPS) is 17.2. The van der Waals surface area contributed by atoms with E-state index < -0.39 is 0 Å². The summed E-state index contributed by atoms with van der Waals surface area (Å²) in [5.41, 5.74) is 1.29. The molecule has 8 heteroatoms. The van der Waals surface area contributed by atoms with Crippen LogP contribution >= 0.6 is 0 Å². The fourth-order valence-corrected chi connectivity index (χ4v) is 4.00. The van der Waals surface area contributed by atoms with Crippen molar-refractivity contribution in [3.63, 3.8) is 0 Å². The summed E-state index contributed by atoms with van der Waals surface area (Å²) in [4.78, 5) is 26.0. The fourth-order valence-electron chi connectivity index (χ4n) is 4.00. The molecule has 0 saturated carbocycles. The van der Waals surface area contributed by atoms with Crippen LogP contribution in [0.4, 0.5) is 5.82 Å². The number of amides is 1. The second-order valence-corrected chi connectivity index (χ2v) is 7.86. The zero-order valence-corrected chi connectivity index (χ0v) is 18.0. The van der Waals surface area contributed by atoms with Crippen LogP contribution in [0.3, 0.4) is 0 Å². The van der Waals surface area contributed by atoms with Gasteiger partial charge < -0.3 is 19.6 Å². The molecule has 1 amide bonds. The lowest BCUT2D eigenvalue weighted by Crippen LogP contribution is -2.44. The molecule has 0 unspecified atom stereocenters. The van der Waals surface area contributed by atoms with E-state index in [4.69, 9.17) is 4.52 Å². The molecular formula is C21H34N6O2. The number of fused-ring (bicyclic) bond motifs is 1. The average molecular weight is 403 g/mol. The number of carbonyl (C=O) groups excluding carboxylic acids is 1. The number of nitrogens with zero attached hydrogens (tertiary/aromatic N) is 5. The molecule has 0 radical (unpaired) electrons. The minimum Gasteiger partial charge on any atom is -0.356 e. The van der Waals surface area contributed by atoms with E-state index in [9.17, 15) is 4.79 Å². The second kappa shape index (κ2) is 10.5. The van der Waals surface area contributed by atoms with E-state index in [1.807, 2.05) is 6.92 Å². The number of hydrogen-bond acceptors (Lipinski definition) is 7. The molecule has 0 aromatic carbocycles. The summed E-state index contributed by atoms with van der Waals surface area (Å²) in [5, 5.41) is 8.00. The maximum absolute atomic E-state index is 12.7. The van der Waals surface area contributed by atoms with Gasteiger partial charge in [0.25, 0.3) is 5.71 Å². The van der Waals surface area contributed by atoms with Gasteiger partial charge >= 0.3 is 0 Å². The van der Waals surface area contributed by atoms with Gasteiger partial charge in [0.1, 0.15) is 17.5 Å². The molecule has 1 N–H and O–H groups in total. The Bertz CT molecular complexity index is 793. The van der Waals surface area contributed by atoms with E-state index in [1.54, 1.807) is 0 Å². The van der Waals surface area contributed by atoms with Crippen molar-refractivity contribution in [3.8, 4) is 0 Å². The van der Waals surface area contributed by atoms with Crippen LogP contribution in [0.2, 0.25) is 0 Å². The predicted octanol–water partition coefficient (Wildman–Crippen LogP) is 2.77. The Morgan fingerprint density at radius 2 is 2.14 bits per heavy atom. The van der Waals surface area contributed by atoms with E-state index in [0.717, 1.165) is 68.9 Å². The first-order valence-corrected chi connectivity index (χ1v) is 11.0. The number of hydrogen-bond donors (Lipinski definition) is 1. The van der Waals surface area contributed by atoms with Crippen molar-refractivity contribution in [3.05, 3.63) is 12.0 Å². The van der Waals surface area contributed by atoms with Gasteiger partial charge in [0.2, 0.25) is 5.91 Å². The lowest BCUT2D eigenvalue weighted by atomic mass is 9.97. The summed E-state index contributed by atoms with van der Waals surface area (Å²) in [7, 11) is 0. The standard InChI is InChI=1S/C21H34N6O2/c1-4-6-11-26(5-2)12-8-10-22-20(28)17-9-7-13-27(14-17)19-18-16(3)25-29-21(18)24-15-23-19/h15,17H,4-14H2,1-3H3,(H,22,28)/t17-/m1/s1. The highest BCUT2D eigenvalue weighted by molar-refractivity contribution is 5.88. The first-order valence-electron chi connectivity index (χ1n) is 11.0. The van der Waals surface area contributed by atoms with E-state index >= 15 is 0 Å². The predicted molar refractivity (Wildman–Crippen MR) is 114 cm³/mol. The number of nitrogens with one attached hydrogen (secondary N) is 1. The minimum atomic E-state index is -0.0173. The van der Waals surface area contributed by atoms with Crippen LogP contribution < -0.4 is 10.2 Å². The third-order valence-corrected chi connectivity index (χ3v) is 5.74. The van der Waals surface area contributed by atoms with Gasteiger partial charge in [-0.3, -0.25) is 4.79 Å². The molecule has 1 aliphatic heterocycles. The van der Waals surface area contributed by atoms with Crippen molar-refractivity contribution in [2.24, 2.45) is 5.92 Å². The number of piperidine rings is 1. The number of aromatic nitrogens is 3. The van der Waals surface area contributed by atoms with E-state index in [0.29, 0.717) is 12.3 Å². The Morgan fingerprint density at radius 1 is 1.31 bits per heavy atom. The molecule has 3 rings (SSSR count). The van der Waals surface area contributed by atoms with Crippen LogP contribution in [0, 0.1) is 12.8 Å². The molecule has 160 valence electrons. The van der Waals surface area contributed by atoms with Crippen LogP contribution in [0.5, 0.6) is 0 Å². The van der Waals surface area contributed by atoms with Gasteiger partial charge in [0.15, 0.2) is 0 Å². The summed E-state index contributed by atoms with van der Waals surface area (Å²) >= 11 is 0. The maximum atomic E-state index is 12.7. The Kier molecular flexibility index (Phi) is 7.80. The minimum absolute atomic E-state index is 0.0173. The fraction of sp³-hybridized carbons (Fsp3) is 0.714. The van der Waals surface area contributed by atoms with E-state index in [1.165, 1.54) is 19.2 Å². The molecule has 1 saturated heterocycles. The van der Waals surface area contributed by atoms with Gasteiger partial charge in [-0.1, -0.05) is 25.4 Å². The molecule has 0 aliphatic carbocycles. The van der Waals surface area contributed by atoms with E-state index in [2.05, 4.69) is 44.1 Å². The van der Waals surface area contributed by atoms with Crippen LogP contribution in [0.15, 0.2) is 10.9 Å². The second-order valence-electron chi connectivity index (χ2n) is 7.86. The molecule has 1 atom stereocenters. The van der Waals surface area contributed by atoms with Gasteiger partial charge in [-0.25, -0.2) is 4.98 Å². The van der Waals surface area contributed by atoms with Crippen molar-refractivity contribution in [2.75, 3.05) is 44.2 Å². The Morgan fingerprint density at radius 3 is 2.93 bits per heavy atom. The molecule has 1 aliphatic rings. The molecular weight excluding hydrogens is 368 g/mol. The summed E-state index contributed by atoms with van der Waals surface area (Å²) in [6.07, 6.45) is 6.83. The molecule has 29 heavy (non-hydrogen) atoms. The molecule has 0 bridgehead atoms. The lowest BCUT2D eigenvalue weighted by molar-refractivity contribution is -0.125. The highest BCUT2D eigenvalue weighted by Crippen LogP contribution is 2.29. The van der Waals surface area contributed by atoms with Crippen LogP contribution in [0.25, 0.3) is 11.1 Å². The molecule has 2 aromatic heterocycles. The smallest absolute Gasteiger partial charge is 0.263 e. The average Bonchev–Trinajstić information content (AvgIpc) is 3.14. The van der Waals surface area contributed by atoms with Gasteiger partial charge in [-0.2, -0.15) is 4.98 Å². The third-order valence-electron chi connectivity index (χ3n) is 5.74. The quantitative estimate of drug-likeness (QED) is 0.611. The number of rotatable bonds is 10. The lowest BCUT2D eigenvalue weighted by Gasteiger charge is -2.33. The topological polar surface area (TPSA) is 87.4 Å². The van der Waals surface area contributed by atoms with Gasteiger partial charge in [0.05, 0.1) is 11.6 Å². The molecule has 0 spiro atoms. The Labute approximate surface area is 173 Å². The Hall–Kier alpha value is -2.22. The summed E-state index contributed by atoms with van der Waals surface area (Å²) in [6, 6.07) is 0.